The Morgan fingerprint density at radius 1 is 1.04 bits per heavy atom. The van der Waals surface area contributed by atoms with E-state index in [9.17, 15) is 4.79 Å². The van der Waals surface area contributed by atoms with Crippen LogP contribution in [0.15, 0.2) is 42.5 Å². The van der Waals surface area contributed by atoms with Crippen LogP contribution >= 0.6 is 0 Å². The molecule has 1 heterocycles. The normalized spacial score (nSPS) is 12.7. The minimum Gasteiger partial charge on any atom is -0.496 e. The molecule has 0 radical (unpaired) electrons. The zero-order valence-corrected chi connectivity index (χ0v) is 16.8. The molecule has 6 heteroatoms. The molecular formula is C22H28N2O4. The fourth-order valence-corrected chi connectivity index (χ4v) is 3.14. The molecule has 0 atom stereocenters. The number of hydrogen-bond donors (Lipinski definition) is 0. The van der Waals surface area contributed by atoms with Crippen molar-refractivity contribution < 1.29 is 19.0 Å². The van der Waals surface area contributed by atoms with Crippen LogP contribution in [0.25, 0.3) is 0 Å². The highest BCUT2D eigenvalue weighted by Crippen LogP contribution is 2.31. The van der Waals surface area contributed by atoms with Gasteiger partial charge in [-0.2, -0.15) is 0 Å². The van der Waals surface area contributed by atoms with Crippen molar-refractivity contribution in [2.45, 2.75) is 13.0 Å². The fraction of sp³-hybridized carbons (Fsp3) is 0.409. The van der Waals surface area contributed by atoms with Crippen molar-refractivity contribution in [3.05, 3.63) is 53.6 Å². The van der Waals surface area contributed by atoms with E-state index in [1.165, 1.54) is 0 Å². The van der Waals surface area contributed by atoms with Gasteiger partial charge < -0.3 is 24.0 Å². The molecule has 1 aliphatic heterocycles. The molecule has 0 aromatic heterocycles. The lowest BCUT2D eigenvalue weighted by Crippen LogP contribution is -2.37. The molecule has 0 fully saturated rings. The maximum atomic E-state index is 13.1. The summed E-state index contributed by atoms with van der Waals surface area (Å²) < 4.78 is 16.7. The van der Waals surface area contributed by atoms with Crippen LogP contribution in [0.5, 0.6) is 17.2 Å². The molecule has 0 aliphatic carbocycles. The third kappa shape index (κ3) is 5.16. The van der Waals surface area contributed by atoms with Gasteiger partial charge in [0.05, 0.1) is 13.5 Å². The molecule has 28 heavy (non-hydrogen) atoms. The van der Waals surface area contributed by atoms with Gasteiger partial charge >= 0.3 is 0 Å². The van der Waals surface area contributed by atoms with Crippen LogP contribution in [0, 0.1) is 0 Å². The first-order valence-electron chi connectivity index (χ1n) is 9.49. The topological polar surface area (TPSA) is 51.2 Å². The molecule has 3 rings (SSSR count). The van der Waals surface area contributed by atoms with Crippen molar-refractivity contribution in [3.8, 4) is 17.2 Å². The van der Waals surface area contributed by atoms with Gasteiger partial charge in [-0.15, -0.1) is 0 Å². The summed E-state index contributed by atoms with van der Waals surface area (Å²) in [6.07, 6.45) is 0.319. The summed E-state index contributed by atoms with van der Waals surface area (Å²) in [5, 5.41) is 0. The number of nitrogens with zero attached hydrogens (tertiary/aromatic N) is 2. The number of fused-ring (bicyclic) bond motifs is 1. The number of para-hydroxylation sites is 1. The van der Waals surface area contributed by atoms with Gasteiger partial charge in [0.2, 0.25) is 5.91 Å². The van der Waals surface area contributed by atoms with Gasteiger partial charge in [0, 0.05) is 25.2 Å². The van der Waals surface area contributed by atoms with Crippen LogP contribution in [0.2, 0.25) is 0 Å². The van der Waals surface area contributed by atoms with Crippen LogP contribution in [0.1, 0.15) is 11.1 Å². The van der Waals surface area contributed by atoms with Crippen LogP contribution < -0.4 is 14.2 Å². The van der Waals surface area contributed by atoms with E-state index in [-0.39, 0.29) is 5.91 Å². The van der Waals surface area contributed by atoms with E-state index in [0.29, 0.717) is 38.5 Å². The Bertz CT molecular complexity index is 807. The molecule has 6 nitrogen and oxygen atoms in total. The van der Waals surface area contributed by atoms with E-state index >= 15 is 0 Å². The van der Waals surface area contributed by atoms with Crippen molar-refractivity contribution in [1.82, 2.24) is 9.80 Å². The number of rotatable bonds is 8. The monoisotopic (exact) mass is 384 g/mol. The van der Waals surface area contributed by atoms with E-state index < -0.39 is 0 Å². The Morgan fingerprint density at radius 2 is 1.79 bits per heavy atom. The third-order valence-corrected chi connectivity index (χ3v) is 4.69. The quantitative estimate of drug-likeness (QED) is 0.700. The Balaban J connectivity index is 1.74. The third-order valence-electron chi connectivity index (χ3n) is 4.69. The number of ether oxygens (including phenoxy) is 3. The number of hydrogen-bond acceptors (Lipinski definition) is 5. The van der Waals surface area contributed by atoms with Gasteiger partial charge in [0.1, 0.15) is 19.0 Å². The number of carbonyl (C=O) groups excluding carboxylic acids is 1. The molecule has 2 aromatic rings. The Kier molecular flexibility index (Phi) is 6.76. The number of benzene rings is 2. The second kappa shape index (κ2) is 9.46. The fourth-order valence-electron chi connectivity index (χ4n) is 3.14. The summed E-state index contributed by atoms with van der Waals surface area (Å²) in [7, 11) is 5.67. The van der Waals surface area contributed by atoms with Gasteiger partial charge in [-0.3, -0.25) is 4.79 Å². The Hall–Kier alpha value is -2.73. The van der Waals surface area contributed by atoms with Crippen LogP contribution in [0.3, 0.4) is 0 Å². The number of methoxy groups -OCH3 is 1. The molecule has 0 spiro atoms. The molecule has 0 unspecified atom stereocenters. The van der Waals surface area contributed by atoms with Gasteiger partial charge in [0.25, 0.3) is 0 Å². The summed E-state index contributed by atoms with van der Waals surface area (Å²) in [6, 6.07) is 13.5. The Labute approximate surface area is 166 Å². The standard InChI is InChI=1S/C22H28N2O4/c1-23(2)10-11-24(16-18-6-4-5-7-19(18)26-3)22(25)15-17-8-9-20-21(14-17)28-13-12-27-20/h4-9,14H,10-13,15-16H2,1-3H3. The molecular weight excluding hydrogens is 356 g/mol. The predicted octanol–water partition coefficient (Wildman–Crippen LogP) is 2.60. The lowest BCUT2D eigenvalue weighted by molar-refractivity contribution is -0.131. The van der Waals surface area contributed by atoms with E-state index in [2.05, 4.69) is 4.90 Å². The zero-order chi connectivity index (χ0) is 19.9. The average molecular weight is 384 g/mol. The highest BCUT2D eigenvalue weighted by molar-refractivity contribution is 5.79. The van der Waals surface area contributed by atoms with E-state index in [1.54, 1.807) is 7.11 Å². The van der Waals surface area contributed by atoms with Crippen LogP contribution in [0.4, 0.5) is 0 Å². The number of amides is 1. The number of likely N-dealkylation sites (N-methyl/N-ethyl adjacent to an activating group) is 1. The highest BCUT2D eigenvalue weighted by Gasteiger charge is 2.18. The first-order valence-corrected chi connectivity index (χ1v) is 9.49. The largest absolute Gasteiger partial charge is 0.496 e. The summed E-state index contributed by atoms with van der Waals surface area (Å²) >= 11 is 0. The zero-order valence-electron chi connectivity index (χ0n) is 16.8. The second-order valence-electron chi connectivity index (χ2n) is 7.09. The van der Waals surface area contributed by atoms with Crippen molar-refractivity contribution in [3.63, 3.8) is 0 Å². The van der Waals surface area contributed by atoms with E-state index in [0.717, 1.165) is 29.2 Å². The molecule has 150 valence electrons. The molecule has 1 amide bonds. The smallest absolute Gasteiger partial charge is 0.227 e. The van der Waals surface area contributed by atoms with E-state index in [4.69, 9.17) is 14.2 Å². The van der Waals surface area contributed by atoms with E-state index in [1.807, 2.05) is 61.5 Å². The van der Waals surface area contributed by atoms with Crippen molar-refractivity contribution in [2.75, 3.05) is 47.5 Å². The molecule has 1 aliphatic rings. The van der Waals surface area contributed by atoms with Crippen molar-refractivity contribution in [2.24, 2.45) is 0 Å². The van der Waals surface area contributed by atoms with Crippen molar-refractivity contribution in [1.29, 1.82) is 0 Å². The van der Waals surface area contributed by atoms with Crippen LogP contribution in [-0.2, 0) is 17.8 Å². The maximum Gasteiger partial charge on any atom is 0.227 e. The molecule has 0 saturated carbocycles. The first-order chi connectivity index (χ1) is 13.6. The van der Waals surface area contributed by atoms with Crippen molar-refractivity contribution >= 4 is 5.91 Å². The lowest BCUT2D eigenvalue weighted by Gasteiger charge is -2.26. The molecule has 0 bridgehead atoms. The first kappa shape index (κ1) is 20.0. The highest BCUT2D eigenvalue weighted by atomic mass is 16.6. The minimum absolute atomic E-state index is 0.0735. The summed E-state index contributed by atoms with van der Waals surface area (Å²) in [4.78, 5) is 17.1. The number of carbonyl (C=O) groups is 1. The molecule has 2 aromatic carbocycles. The predicted molar refractivity (Wildman–Crippen MR) is 108 cm³/mol. The van der Waals surface area contributed by atoms with Gasteiger partial charge in [-0.1, -0.05) is 24.3 Å². The molecule has 0 saturated heterocycles. The summed E-state index contributed by atoms with van der Waals surface area (Å²) in [5.41, 5.74) is 1.92. The SMILES string of the molecule is COc1ccccc1CN(CCN(C)C)C(=O)Cc1ccc2c(c1)OCCO2. The second-order valence-corrected chi connectivity index (χ2v) is 7.09. The summed E-state index contributed by atoms with van der Waals surface area (Å²) in [6.45, 7) is 3.05. The minimum atomic E-state index is 0.0735. The molecule has 0 N–H and O–H groups in total. The Morgan fingerprint density at radius 3 is 2.54 bits per heavy atom. The van der Waals surface area contributed by atoms with Gasteiger partial charge in [-0.05, 0) is 37.9 Å². The average Bonchev–Trinajstić information content (AvgIpc) is 2.71. The van der Waals surface area contributed by atoms with Crippen LogP contribution in [-0.4, -0.2) is 63.2 Å². The summed E-state index contributed by atoms with van der Waals surface area (Å²) in [5.74, 6) is 2.32. The maximum absolute atomic E-state index is 13.1. The van der Waals surface area contributed by atoms with Gasteiger partial charge in [-0.25, -0.2) is 0 Å². The van der Waals surface area contributed by atoms with Gasteiger partial charge in [0.15, 0.2) is 11.5 Å². The lowest BCUT2D eigenvalue weighted by atomic mass is 10.1.